The van der Waals surface area contributed by atoms with Crippen molar-refractivity contribution in [3.05, 3.63) is 297 Å². The zero-order valence-electron chi connectivity index (χ0n) is 43.5. The van der Waals surface area contributed by atoms with Gasteiger partial charge in [-0.05, 0) is 99.1 Å². The van der Waals surface area contributed by atoms with Crippen LogP contribution >= 0.6 is 0 Å². The van der Waals surface area contributed by atoms with Gasteiger partial charge in [0, 0.05) is 49.4 Å². The summed E-state index contributed by atoms with van der Waals surface area (Å²) in [4.78, 5) is 15.9. The second-order valence-corrected chi connectivity index (χ2v) is 20.3. The van der Waals surface area contributed by atoms with E-state index in [0.29, 0.717) is 17.5 Å². The molecule has 0 bridgehead atoms. The van der Waals surface area contributed by atoms with Crippen LogP contribution in [-0.2, 0) is 0 Å². The highest BCUT2D eigenvalue weighted by atomic mass is 15.0. The number of aromatic nitrogens is 5. The molecule has 5 heteroatoms. The maximum atomic E-state index is 5.39. The maximum absolute atomic E-state index is 5.39. The van der Waals surface area contributed by atoms with Gasteiger partial charge in [-0.1, -0.05) is 243 Å². The van der Waals surface area contributed by atoms with E-state index in [1.807, 2.05) is 18.2 Å². The summed E-state index contributed by atoms with van der Waals surface area (Å²) in [5.41, 5.74) is 20.7. The Hall–Kier alpha value is -10.8. The molecule has 0 amide bonds. The molecular weight excluding hydrogens is 971 g/mol. The van der Waals surface area contributed by atoms with Crippen molar-refractivity contribution in [3.63, 3.8) is 0 Å². The summed E-state index contributed by atoms with van der Waals surface area (Å²) in [6, 6.07) is 106. The van der Waals surface area contributed by atoms with Gasteiger partial charge in [-0.3, -0.25) is 0 Å². The Labute approximate surface area is 463 Å². The number of fused-ring (bicyclic) bond motifs is 6. The molecule has 0 unspecified atom stereocenters. The van der Waals surface area contributed by atoms with E-state index in [9.17, 15) is 0 Å². The monoisotopic (exact) mass is 1020 g/mol. The normalized spacial score (nSPS) is 11.5. The molecule has 0 saturated carbocycles. The molecular formula is C75H49N5. The Balaban J connectivity index is 0.886. The van der Waals surface area contributed by atoms with Crippen molar-refractivity contribution < 1.29 is 0 Å². The van der Waals surface area contributed by atoms with E-state index < -0.39 is 0 Å². The summed E-state index contributed by atoms with van der Waals surface area (Å²) in [5, 5.41) is 4.85. The summed E-state index contributed by atoms with van der Waals surface area (Å²) in [6.45, 7) is 0. The average Bonchev–Trinajstić information content (AvgIpc) is 4.28. The van der Waals surface area contributed by atoms with E-state index in [-0.39, 0.29) is 0 Å². The van der Waals surface area contributed by atoms with Gasteiger partial charge >= 0.3 is 0 Å². The standard InChI is InChI=1S/C75H49N5/c1-4-21-50(22-5-1)53-27-18-28-54(45-53)56-42-44-62(72(49-56)80-69-39-16-12-35-65(69)66-36-13-17-40-70(66)80)58-30-20-32-60(47-58)75-77-73(52-25-8-3-9-26-52)76-74(78-75)59-31-19-29-57(46-59)61-43-41-55(51-23-6-2-7-24-51)48-71(61)79-67-37-14-10-33-63(67)64-34-11-15-38-68(64)79/h1-49H. The molecule has 15 rings (SSSR count). The van der Waals surface area contributed by atoms with E-state index in [4.69, 9.17) is 15.0 Å². The molecule has 0 radical (unpaired) electrons. The molecule has 80 heavy (non-hydrogen) atoms. The molecule has 3 heterocycles. The first-order valence-corrected chi connectivity index (χ1v) is 27.2. The molecule has 3 aromatic heterocycles. The largest absolute Gasteiger partial charge is 0.309 e. The zero-order valence-corrected chi connectivity index (χ0v) is 43.5. The highest BCUT2D eigenvalue weighted by Gasteiger charge is 2.21. The second-order valence-electron chi connectivity index (χ2n) is 20.3. The third-order valence-electron chi connectivity index (χ3n) is 15.6. The van der Waals surface area contributed by atoms with Crippen molar-refractivity contribution in [2.45, 2.75) is 0 Å². The molecule has 374 valence electrons. The molecule has 5 nitrogen and oxygen atoms in total. The van der Waals surface area contributed by atoms with Crippen molar-refractivity contribution in [1.29, 1.82) is 0 Å². The van der Waals surface area contributed by atoms with Gasteiger partial charge < -0.3 is 9.13 Å². The van der Waals surface area contributed by atoms with Crippen molar-refractivity contribution in [2.75, 3.05) is 0 Å². The van der Waals surface area contributed by atoms with Gasteiger partial charge in [-0.2, -0.15) is 0 Å². The number of rotatable bonds is 10. The summed E-state index contributed by atoms with van der Waals surface area (Å²) in [5.74, 6) is 1.79. The van der Waals surface area contributed by atoms with Crippen LogP contribution in [0.1, 0.15) is 0 Å². The van der Waals surface area contributed by atoms with Crippen LogP contribution in [0.4, 0.5) is 0 Å². The Morgan fingerprint density at radius 1 is 0.188 bits per heavy atom. The minimum atomic E-state index is 0.590. The third kappa shape index (κ3) is 8.24. The number of benzene rings is 12. The maximum Gasteiger partial charge on any atom is 0.164 e. The predicted molar refractivity (Wildman–Crippen MR) is 332 cm³/mol. The van der Waals surface area contributed by atoms with Gasteiger partial charge in [0.15, 0.2) is 17.5 Å². The molecule has 0 fully saturated rings. The van der Waals surface area contributed by atoms with Crippen LogP contribution in [0.3, 0.4) is 0 Å². The Bertz CT molecular complexity index is 4720. The fraction of sp³-hybridized carbons (Fsp3) is 0. The van der Waals surface area contributed by atoms with Crippen molar-refractivity contribution >= 4 is 43.6 Å². The van der Waals surface area contributed by atoms with Gasteiger partial charge in [0.05, 0.1) is 33.4 Å². The van der Waals surface area contributed by atoms with E-state index in [2.05, 4.69) is 288 Å². The smallest absolute Gasteiger partial charge is 0.164 e. The molecule has 0 N–H and O–H groups in total. The predicted octanol–water partition coefficient (Wildman–Crippen LogP) is 19.4. The Morgan fingerprint density at radius 3 is 0.875 bits per heavy atom. The number of hydrogen-bond donors (Lipinski definition) is 0. The third-order valence-corrected chi connectivity index (χ3v) is 15.6. The van der Waals surface area contributed by atoms with E-state index >= 15 is 0 Å². The van der Waals surface area contributed by atoms with Crippen LogP contribution in [0.5, 0.6) is 0 Å². The molecule has 0 saturated heterocycles. The summed E-state index contributed by atoms with van der Waals surface area (Å²) in [6.07, 6.45) is 0. The quantitative estimate of drug-likeness (QED) is 0.137. The average molecular weight is 1020 g/mol. The summed E-state index contributed by atoms with van der Waals surface area (Å²) < 4.78 is 4.85. The topological polar surface area (TPSA) is 48.5 Å². The van der Waals surface area contributed by atoms with Gasteiger partial charge in [-0.15, -0.1) is 0 Å². The van der Waals surface area contributed by atoms with Gasteiger partial charge in [0.25, 0.3) is 0 Å². The highest BCUT2D eigenvalue weighted by molar-refractivity contribution is 6.11. The molecule has 0 atom stereocenters. The van der Waals surface area contributed by atoms with Gasteiger partial charge in [-0.25, -0.2) is 15.0 Å². The van der Waals surface area contributed by atoms with E-state index in [1.165, 1.54) is 32.7 Å². The molecule has 0 spiro atoms. The summed E-state index contributed by atoms with van der Waals surface area (Å²) >= 11 is 0. The molecule has 0 aliphatic carbocycles. The van der Waals surface area contributed by atoms with Crippen LogP contribution in [0, 0.1) is 0 Å². The van der Waals surface area contributed by atoms with Crippen LogP contribution < -0.4 is 0 Å². The Kier molecular flexibility index (Phi) is 11.4. The minimum absolute atomic E-state index is 0.590. The first-order chi connectivity index (χ1) is 39.7. The lowest BCUT2D eigenvalue weighted by molar-refractivity contribution is 1.07. The fourth-order valence-corrected chi connectivity index (χ4v) is 11.8. The fourth-order valence-electron chi connectivity index (χ4n) is 11.8. The summed E-state index contributed by atoms with van der Waals surface area (Å²) in [7, 11) is 0. The van der Waals surface area contributed by atoms with Crippen LogP contribution in [-0.4, -0.2) is 24.1 Å². The lowest BCUT2D eigenvalue weighted by atomic mass is 9.95. The van der Waals surface area contributed by atoms with Gasteiger partial charge in [0.2, 0.25) is 0 Å². The lowest BCUT2D eigenvalue weighted by Crippen LogP contribution is -2.01. The number of nitrogens with zero attached hydrogens (tertiary/aromatic N) is 5. The first kappa shape index (κ1) is 46.5. The number of hydrogen-bond acceptors (Lipinski definition) is 3. The Morgan fingerprint density at radius 2 is 0.463 bits per heavy atom. The molecule has 0 aliphatic rings. The van der Waals surface area contributed by atoms with Crippen LogP contribution in [0.2, 0.25) is 0 Å². The van der Waals surface area contributed by atoms with Crippen molar-refractivity contribution in [1.82, 2.24) is 24.1 Å². The highest BCUT2D eigenvalue weighted by Crippen LogP contribution is 2.42. The lowest BCUT2D eigenvalue weighted by Gasteiger charge is -2.17. The zero-order chi connectivity index (χ0) is 52.9. The van der Waals surface area contributed by atoms with Gasteiger partial charge in [0.1, 0.15) is 0 Å². The number of para-hydroxylation sites is 4. The van der Waals surface area contributed by atoms with Crippen LogP contribution in [0.25, 0.3) is 145 Å². The molecule has 15 aromatic rings. The van der Waals surface area contributed by atoms with E-state index in [0.717, 1.165) is 94.6 Å². The first-order valence-electron chi connectivity index (χ1n) is 27.2. The SMILES string of the molecule is c1ccc(-c2cccc(-c3ccc(-c4cccc(-c5nc(-c6ccccc6)nc(-c6cccc(-c7ccc(-c8ccccc8)cc7-n7c8ccccc8c8ccccc87)c6)n5)c4)c(-n4c5ccccc5c5ccccc54)c3)c2)cc1. The van der Waals surface area contributed by atoms with E-state index in [1.54, 1.807) is 0 Å². The van der Waals surface area contributed by atoms with Crippen LogP contribution in [0.15, 0.2) is 297 Å². The molecule has 0 aliphatic heterocycles. The second kappa shape index (κ2) is 19.7. The van der Waals surface area contributed by atoms with Crippen molar-refractivity contribution in [3.8, 4) is 101 Å². The molecule has 12 aromatic carbocycles. The van der Waals surface area contributed by atoms with Crippen molar-refractivity contribution in [2.24, 2.45) is 0 Å². The minimum Gasteiger partial charge on any atom is -0.309 e.